The zero-order valence-corrected chi connectivity index (χ0v) is 12.4. The summed E-state index contributed by atoms with van der Waals surface area (Å²) in [4.78, 5) is 4.23. The quantitative estimate of drug-likeness (QED) is 0.710. The third kappa shape index (κ3) is 2.18. The molecule has 3 rings (SSSR count). The molecule has 0 spiro atoms. The van der Waals surface area contributed by atoms with Crippen LogP contribution in [0.5, 0.6) is 0 Å². The van der Waals surface area contributed by atoms with E-state index in [0.717, 1.165) is 16.9 Å². The molecule has 0 aliphatic rings. The third-order valence-electron chi connectivity index (χ3n) is 3.22. The predicted molar refractivity (Wildman–Crippen MR) is 80.5 cm³/mol. The van der Waals surface area contributed by atoms with Gasteiger partial charge in [0.15, 0.2) is 5.82 Å². The molecule has 102 valence electrons. The van der Waals surface area contributed by atoms with Crippen LogP contribution in [0, 0.1) is 25.5 Å². The van der Waals surface area contributed by atoms with Crippen LogP contribution in [-0.2, 0) is 0 Å². The van der Waals surface area contributed by atoms with Crippen LogP contribution in [0.4, 0.5) is 0 Å². The van der Waals surface area contributed by atoms with Crippen molar-refractivity contribution < 1.29 is 0 Å². The Morgan fingerprint density at radius 1 is 1.05 bits per heavy atom. The lowest BCUT2D eigenvalue weighted by molar-refractivity contribution is 0.845. The normalized spacial score (nSPS) is 10.9. The van der Waals surface area contributed by atoms with Gasteiger partial charge < -0.3 is 0 Å². The number of rotatable bonds is 2. The van der Waals surface area contributed by atoms with Gasteiger partial charge in [-0.25, -0.2) is 4.68 Å². The van der Waals surface area contributed by atoms with Crippen molar-refractivity contribution in [2.75, 3.05) is 0 Å². The van der Waals surface area contributed by atoms with Crippen LogP contribution in [-0.4, -0.2) is 25.0 Å². The summed E-state index contributed by atoms with van der Waals surface area (Å²) in [5, 5.41) is 10.2. The van der Waals surface area contributed by atoms with Gasteiger partial charge in [-0.3, -0.25) is 10.2 Å². The summed E-state index contributed by atoms with van der Waals surface area (Å²) in [6.45, 7) is 6.19. The number of hydrogen-bond donors (Lipinski definition) is 2. The Morgan fingerprint density at radius 3 is 2.35 bits per heavy atom. The summed E-state index contributed by atoms with van der Waals surface area (Å²) in [6, 6.07) is 6.38. The average Bonchev–Trinajstić information content (AvgIpc) is 2.94. The average molecular weight is 285 g/mol. The standard InChI is InChI=1S/C14H15N5S/c1-8-4-9(2)6-11(5-8)19-10(3)12(7-15-19)13-16-14(20)18-17-13/h4-7H,1-3H3,(H2,16,17,18,20). The molecule has 0 aliphatic carbocycles. The van der Waals surface area contributed by atoms with E-state index >= 15 is 0 Å². The van der Waals surface area contributed by atoms with Crippen molar-refractivity contribution >= 4 is 12.2 Å². The highest BCUT2D eigenvalue weighted by atomic mass is 32.1. The number of aryl methyl sites for hydroxylation is 2. The molecule has 0 bridgehead atoms. The van der Waals surface area contributed by atoms with E-state index in [2.05, 4.69) is 52.3 Å². The molecule has 6 heteroatoms. The summed E-state index contributed by atoms with van der Waals surface area (Å²) in [5.74, 6) is 0.711. The fraction of sp³-hybridized carbons (Fsp3) is 0.214. The summed E-state index contributed by atoms with van der Waals surface area (Å²) < 4.78 is 2.36. The Bertz CT molecular complexity index is 804. The number of nitrogens with one attached hydrogen (secondary N) is 2. The van der Waals surface area contributed by atoms with Gasteiger partial charge >= 0.3 is 0 Å². The maximum atomic E-state index is 4.99. The second-order valence-corrected chi connectivity index (χ2v) is 5.30. The van der Waals surface area contributed by atoms with Gasteiger partial charge in [0.2, 0.25) is 4.77 Å². The molecule has 5 nitrogen and oxygen atoms in total. The smallest absolute Gasteiger partial charge is 0.213 e. The number of H-pyrrole nitrogens is 2. The molecule has 0 fully saturated rings. The second kappa shape index (κ2) is 4.72. The van der Waals surface area contributed by atoms with E-state index in [1.807, 2.05) is 11.6 Å². The van der Waals surface area contributed by atoms with E-state index < -0.39 is 0 Å². The first-order valence-electron chi connectivity index (χ1n) is 6.33. The van der Waals surface area contributed by atoms with Gasteiger partial charge in [0, 0.05) is 0 Å². The van der Waals surface area contributed by atoms with Gasteiger partial charge in [0.25, 0.3) is 0 Å². The highest BCUT2D eigenvalue weighted by Gasteiger charge is 2.12. The molecule has 0 saturated carbocycles. The van der Waals surface area contributed by atoms with E-state index in [1.165, 1.54) is 11.1 Å². The lowest BCUT2D eigenvalue weighted by atomic mass is 10.1. The van der Waals surface area contributed by atoms with Gasteiger partial charge in [0.05, 0.1) is 23.1 Å². The van der Waals surface area contributed by atoms with E-state index in [9.17, 15) is 0 Å². The lowest BCUT2D eigenvalue weighted by Gasteiger charge is -2.07. The van der Waals surface area contributed by atoms with Gasteiger partial charge in [-0.05, 0) is 56.2 Å². The first-order valence-corrected chi connectivity index (χ1v) is 6.74. The number of aromatic amines is 2. The van der Waals surface area contributed by atoms with Crippen molar-refractivity contribution in [1.29, 1.82) is 0 Å². The molecule has 0 atom stereocenters. The molecule has 1 aromatic carbocycles. The van der Waals surface area contributed by atoms with Crippen LogP contribution < -0.4 is 0 Å². The maximum absolute atomic E-state index is 4.99. The van der Waals surface area contributed by atoms with Gasteiger partial charge in [-0.1, -0.05) is 6.07 Å². The van der Waals surface area contributed by atoms with Crippen molar-refractivity contribution in [2.24, 2.45) is 0 Å². The van der Waals surface area contributed by atoms with E-state index in [1.54, 1.807) is 6.20 Å². The van der Waals surface area contributed by atoms with Crippen LogP contribution in [0.2, 0.25) is 0 Å². The Morgan fingerprint density at radius 2 is 1.75 bits per heavy atom. The molecular weight excluding hydrogens is 270 g/mol. The minimum Gasteiger partial charge on any atom is -0.282 e. The fourth-order valence-corrected chi connectivity index (χ4v) is 2.52. The van der Waals surface area contributed by atoms with Gasteiger partial charge in [-0.15, -0.1) is 0 Å². The number of nitrogens with zero attached hydrogens (tertiary/aromatic N) is 3. The van der Waals surface area contributed by atoms with Crippen LogP contribution >= 0.6 is 12.2 Å². The number of hydrogen-bond acceptors (Lipinski definition) is 3. The molecule has 2 aromatic heterocycles. The fourth-order valence-electron chi connectivity index (χ4n) is 2.37. The van der Waals surface area contributed by atoms with Gasteiger partial charge in [0.1, 0.15) is 0 Å². The summed E-state index contributed by atoms with van der Waals surface area (Å²) in [7, 11) is 0. The summed E-state index contributed by atoms with van der Waals surface area (Å²) in [5.41, 5.74) is 5.45. The van der Waals surface area contributed by atoms with Crippen LogP contribution in [0.15, 0.2) is 24.4 Å². The maximum Gasteiger partial charge on any atom is 0.213 e. The molecule has 0 saturated heterocycles. The second-order valence-electron chi connectivity index (χ2n) is 4.92. The van der Waals surface area contributed by atoms with Crippen molar-refractivity contribution in [3.05, 3.63) is 46.0 Å². The minimum absolute atomic E-state index is 0.443. The highest BCUT2D eigenvalue weighted by Crippen LogP contribution is 2.22. The topological polar surface area (TPSA) is 62.3 Å². The minimum atomic E-state index is 0.443. The zero-order chi connectivity index (χ0) is 14.3. The van der Waals surface area contributed by atoms with E-state index in [4.69, 9.17) is 12.2 Å². The molecule has 0 aliphatic heterocycles. The molecule has 2 N–H and O–H groups in total. The predicted octanol–water partition coefficient (Wildman–Crippen LogP) is 3.25. The molecule has 0 radical (unpaired) electrons. The zero-order valence-electron chi connectivity index (χ0n) is 11.6. The summed E-state index contributed by atoms with van der Waals surface area (Å²) in [6.07, 6.45) is 1.80. The highest BCUT2D eigenvalue weighted by molar-refractivity contribution is 7.71. The first kappa shape index (κ1) is 12.8. The van der Waals surface area contributed by atoms with Crippen molar-refractivity contribution in [3.8, 4) is 17.1 Å². The molecule has 0 amide bonds. The Kier molecular flexibility index (Phi) is 3.02. The van der Waals surface area contributed by atoms with E-state index in [0.29, 0.717) is 10.6 Å². The van der Waals surface area contributed by atoms with Crippen molar-refractivity contribution in [3.63, 3.8) is 0 Å². The number of benzene rings is 1. The van der Waals surface area contributed by atoms with Crippen LogP contribution in [0.3, 0.4) is 0 Å². The van der Waals surface area contributed by atoms with E-state index in [-0.39, 0.29) is 0 Å². The Labute approximate surface area is 121 Å². The van der Waals surface area contributed by atoms with Crippen molar-refractivity contribution in [2.45, 2.75) is 20.8 Å². The monoisotopic (exact) mass is 285 g/mol. The van der Waals surface area contributed by atoms with Crippen LogP contribution in [0.1, 0.15) is 16.8 Å². The molecule has 0 unspecified atom stereocenters. The lowest BCUT2D eigenvalue weighted by Crippen LogP contribution is -2.00. The van der Waals surface area contributed by atoms with Crippen molar-refractivity contribution in [1.82, 2.24) is 25.0 Å². The number of aromatic nitrogens is 5. The molecule has 20 heavy (non-hydrogen) atoms. The molecular formula is C14H15N5S. The molecule has 2 heterocycles. The summed E-state index contributed by atoms with van der Waals surface area (Å²) >= 11 is 4.99. The Hall–Kier alpha value is -2.21. The van der Waals surface area contributed by atoms with Crippen LogP contribution in [0.25, 0.3) is 17.1 Å². The van der Waals surface area contributed by atoms with Gasteiger partial charge in [-0.2, -0.15) is 10.1 Å². The molecule has 3 aromatic rings. The third-order valence-corrected chi connectivity index (χ3v) is 3.41. The Balaban J connectivity index is 2.12. The first-order chi connectivity index (χ1) is 9.54. The SMILES string of the molecule is Cc1cc(C)cc(-n2ncc(-c3nc(=S)[nH][nH]3)c2C)c1. The largest absolute Gasteiger partial charge is 0.282 e.